The molecule has 0 bridgehead atoms. The van der Waals surface area contributed by atoms with Crippen LogP contribution in [-0.4, -0.2) is 15.5 Å². The minimum absolute atomic E-state index is 0.178. The van der Waals surface area contributed by atoms with E-state index in [1.165, 1.54) is 10.9 Å². The van der Waals surface area contributed by atoms with Gasteiger partial charge in [0.1, 0.15) is 0 Å². The summed E-state index contributed by atoms with van der Waals surface area (Å²) in [7, 11) is 0. The molecule has 0 atom stereocenters. The van der Waals surface area contributed by atoms with Crippen molar-refractivity contribution in [2.24, 2.45) is 5.41 Å². The summed E-state index contributed by atoms with van der Waals surface area (Å²) in [5.74, 6) is 0.862. The summed E-state index contributed by atoms with van der Waals surface area (Å²) in [5, 5.41) is 5.61. The van der Waals surface area contributed by atoms with Crippen LogP contribution in [0.25, 0.3) is 10.9 Å². The van der Waals surface area contributed by atoms with Gasteiger partial charge >= 0.3 is 0 Å². The summed E-state index contributed by atoms with van der Waals surface area (Å²) in [6.45, 7) is 5.32. The third-order valence-electron chi connectivity index (χ3n) is 2.56. The first-order valence-corrected chi connectivity index (χ1v) is 5.77. The molecule has 1 aromatic carbocycles. The molecular formula is C12H16N2S. The molecule has 1 heterocycles. The Labute approximate surface area is 95.7 Å². The fraction of sp³-hybridized carbons (Fsp3) is 0.417. The summed E-state index contributed by atoms with van der Waals surface area (Å²) < 4.78 is 2.06. The maximum Gasteiger partial charge on any atom is 0.0682 e. The molecule has 0 fully saturated rings. The molecule has 2 rings (SSSR count). The molecule has 0 aliphatic carbocycles. The molecule has 2 nitrogen and oxygen atoms in total. The minimum Gasteiger partial charge on any atom is -0.264 e. The number of benzene rings is 1. The maximum atomic E-state index is 4.41. The van der Waals surface area contributed by atoms with Crippen LogP contribution >= 0.6 is 12.6 Å². The second-order valence-electron chi connectivity index (χ2n) is 4.68. The van der Waals surface area contributed by atoms with E-state index in [1.54, 1.807) is 0 Å². The van der Waals surface area contributed by atoms with Crippen molar-refractivity contribution >= 4 is 23.5 Å². The van der Waals surface area contributed by atoms with Crippen LogP contribution in [0, 0.1) is 5.41 Å². The van der Waals surface area contributed by atoms with Crippen LogP contribution in [0.15, 0.2) is 30.5 Å². The minimum atomic E-state index is 0.178. The van der Waals surface area contributed by atoms with Gasteiger partial charge in [0.05, 0.1) is 11.7 Å². The standard InChI is InChI=1S/C12H16N2S/c1-12(2,9-15)8-14-11-6-4-3-5-10(11)7-13-14/h3-7,15H,8-9H2,1-2H3. The molecular weight excluding hydrogens is 204 g/mol. The number of hydrogen-bond acceptors (Lipinski definition) is 2. The Kier molecular flexibility index (Phi) is 2.74. The number of para-hydroxylation sites is 1. The van der Waals surface area contributed by atoms with E-state index >= 15 is 0 Å². The van der Waals surface area contributed by atoms with Crippen LogP contribution in [0.4, 0.5) is 0 Å². The Bertz CT molecular complexity index is 459. The molecule has 0 radical (unpaired) electrons. The Morgan fingerprint density at radius 2 is 2.07 bits per heavy atom. The van der Waals surface area contributed by atoms with Crippen LogP contribution in [0.2, 0.25) is 0 Å². The quantitative estimate of drug-likeness (QED) is 0.787. The molecule has 80 valence electrons. The number of hydrogen-bond donors (Lipinski definition) is 1. The fourth-order valence-electron chi connectivity index (χ4n) is 1.61. The van der Waals surface area contributed by atoms with E-state index in [-0.39, 0.29) is 5.41 Å². The Morgan fingerprint density at radius 1 is 1.33 bits per heavy atom. The predicted octanol–water partition coefficient (Wildman–Crippen LogP) is 2.99. The molecule has 0 spiro atoms. The molecule has 15 heavy (non-hydrogen) atoms. The highest BCUT2D eigenvalue weighted by atomic mass is 32.1. The van der Waals surface area contributed by atoms with Crippen molar-refractivity contribution in [3.63, 3.8) is 0 Å². The number of aromatic nitrogens is 2. The highest BCUT2D eigenvalue weighted by Gasteiger charge is 2.17. The topological polar surface area (TPSA) is 17.8 Å². The van der Waals surface area contributed by atoms with E-state index in [0.29, 0.717) is 0 Å². The smallest absolute Gasteiger partial charge is 0.0682 e. The first-order valence-electron chi connectivity index (χ1n) is 5.14. The molecule has 0 amide bonds. The SMILES string of the molecule is CC(C)(CS)Cn1ncc2ccccc21. The van der Waals surface area contributed by atoms with E-state index in [0.717, 1.165) is 12.3 Å². The number of rotatable bonds is 3. The molecule has 3 heteroatoms. The van der Waals surface area contributed by atoms with Crippen molar-refractivity contribution in [2.75, 3.05) is 5.75 Å². The zero-order valence-electron chi connectivity index (χ0n) is 9.14. The number of thiol groups is 1. The van der Waals surface area contributed by atoms with Crippen LogP contribution in [0.5, 0.6) is 0 Å². The number of nitrogens with zero attached hydrogens (tertiary/aromatic N) is 2. The second kappa shape index (κ2) is 3.89. The predicted molar refractivity (Wildman–Crippen MR) is 67.4 cm³/mol. The van der Waals surface area contributed by atoms with E-state index in [4.69, 9.17) is 0 Å². The van der Waals surface area contributed by atoms with Crippen molar-refractivity contribution in [3.8, 4) is 0 Å². The van der Waals surface area contributed by atoms with Gasteiger partial charge < -0.3 is 0 Å². The summed E-state index contributed by atoms with van der Waals surface area (Å²) in [6, 6.07) is 8.29. The highest BCUT2D eigenvalue weighted by Crippen LogP contribution is 2.22. The molecule has 1 aromatic heterocycles. The van der Waals surface area contributed by atoms with Crippen LogP contribution in [-0.2, 0) is 6.54 Å². The second-order valence-corrected chi connectivity index (χ2v) is 5.00. The molecule has 2 aromatic rings. The molecule has 0 aliphatic heterocycles. The monoisotopic (exact) mass is 220 g/mol. The van der Waals surface area contributed by atoms with Gasteiger partial charge in [0.25, 0.3) is 0 Å². The third kappa shape index (κ3) is 2.17. The van der Waals surface area contributed by atoms with Gasteiger partial charge in [-0.1, -0.05) is 32.0 Å². The highest BCUT2D eigenvalue weighted by molar-refractivity contribution is 7.80. The van der Waals surface area contributed by atoms with Gasteiger partial charge in [-0.3, -0.25) is 4.68 Å². The largest absolute Gasteiger partial charge is 0.264 e. The first-order chi connectivity index (χ1) is 7.12. The lowest BCUT2D eigenvalue weighted by Crippen LogP contribution is -2.22. The molecule has 0 saturated heterocycles. The number of fused-ring (bicyclic) bond motifs is 1. The van der Waals surface area contributed by atoms with Crippen LogP contribution in [0.1, 0.15) is 13.8 Å². The summed E-state index contributed by atoms with van der Waals surface area (Å²) in [4.78, 5) is 0. The van der Waals surface area contributed by atoms with E-state index in [1.807, 2.05) is 18.3 Å². The van der Waals surface area contributed by atoms with Crippen molar-refractivity contribution < 1.29 is 0 Å². The lowest BCUT2D eigenvalue weighted by molar-refractivity contribution is 0.340. The molecule has 0 unspecified atom stereocenters. The van der Waals surface area contributed by atoms with Gasteiger partial charge in [0.15, 0.2) is 0 Å². The zero-order valence-corrected chi connectivity index (χ0v) is 10.0. The molecule has 0 N–H and O–H groups in total. The van der Waals surface area contributed by atoms with Crippen molar-refractivity contribution in [1.29, 1.82) is 0 Å². The van der Waals surface area contributed by atoms with E-state index < -0.39 is 0 Å². The van der Waals surface area contributed by atoms with Crippen LogP contribution in [0.3, 0.4) is 0 Å². The van der Waals surface area contributed by atoms with Crippen molar-refractivity contribution in [1.82, 2.24) is 9.78 Å². The summed E-state index contributed by atoms with van der Waals surface area (Å²) in [5.41, 5.74) is 1.38. The average Bonchev–Trinajstić information content (AvgIpc) is 2.62. The van der Waals surface area contributed by atoms with E-state index in [9.17, 15) is 0 Å². The maximum absolute atomic E-state index is 4.41. The Morgan fingerprint density at radius 3 is 2.80 bits per heavy atom. The Hall–Kier alpha value is -0.960. The van der Waals surface area contributed by atoms with Crippen molar-refractivity contribution in [2.45, 2.75) is 20.4 Å². The summed E-state index contributed by atoms with van der Waals surface area (Å²) >= 11 is 4.37. The Balaban J connectivity index is 2.37. The molecule has 0 saturated carbocycles. The first kappa shape index (κ1) is 10.6. The normalized spacial score (nSPS) is 12.2. The van der Waals surface area contributed by atoms with Crippen molar-refractivity contribution in [3.05, 3.63) is 30.5 Å². The lowest BCUT2D eigenvalue weighted by atomic mass is 9.96. The van der Waals surface area contributed by atoms with Gasteiger partial charge in [-0.25, -0.2) is 0 Å². The fourth-order valence-corrected chi connectivity index (χ4v) is 1.71. The van der Waals surface area contributed by atoms with Gasteiger partial charge in [-0.05, 0) is 17.2 Å². The van der Waals surface area contributed by atoms with E-state index in [2.05, 4.69) is 48.4 Å². The third-order valence-corrected chi connectivity index (χ3v) is 3.41. The van der Waals surface area contributed by atoms with Gasteiger partial charge in [0.2, 0.25) is 0 Å². The molecule has 0 aliphatic rings. The summed E-state index contributed by atoms with van der Waals surface area (Å²) in [6.07, 6.45) is 1.92. The zero-order chi connectivity index (χ0) is 10.9. The van der Waals surface area contributed by atoms with Crippen LogP contribution < -0.4 is 0 Å². The average molecular weight is 220 g/mol. The lowest BCUT2D eigenvalue weighted by Gasteiger charge is -2.22. The van der Waals surface area contributed by atoms with Gasteiger partial charge in [-0.15, -0.1) is 0 Å². The van der Waals surface area contributed by atoms with Gasteiger partial charge in [-0.2, -0.15) is 17.7 Å². The van der Waals surface area contributed by atoms with Gasteiger partial charge in [0, 0.05) is 11.9 Å².